The van der Waals surface area contributed by atoms with Crippen LogP contribution in [0.15, 0.2) is 6.20 Å². The molecule has 5 nitrogen and oxygen atoms in total. The Balaban J connectivity index is 3.14. The fourth-order valence-corrected chi connectivity index (χ4v) is 0.833. The van der Waals surface area contributed by atoms with Crippen molar-refractivity contribution in [1.29, 1.82) is 5.26 Å². The normalized spacial score (nSPS) is 9.00. The van der Waals surface area contributed by atoms with Crippen molar-refractivity contribution >= 4 is 5.97 Å². The SMILES string of the molecule is COC(=O)c1ncc(C#N)nc1C. The lowest BCUT2D eigenvalue weighted by molar-refractivity contribution is 0.0592. The fourth-order valence-electron chi connectivity index (χ4n) is 0.833. The number of carbonyl (C=O) groups is 1. The number of nitriles is 1. The minimum atomic E-state index is -0.547. The van der Waals surface area contributed by atoms with Crippen molar-refractivity contribution in [3.8, 4) is 6.07 Å². The van der Waals surface area contributed by atoms with Crippen LogP contribution in [0.1, 0.15) is 21.9 Å². The van der Waals surface area contributed by atoms with Gasteiger partial charge < -0.3 is 4.74 Å². The van der Waals surface area contributed by atoms with Crippen molar-refractivity contribution in [3.63, 3.8) is 0 Å². The summed E-state index contributed by atoms with van der Waals surface area (Å²) < 4.78 is 4.47. The molecular weight excluding hydrogens is 170 g/mol. The Bertz CT molecular complexity index is 381. The molecule has 0 amide bonds. The lowest BCUT2D eigenvalue weighted by atomic mass is 10.3. The molecule has 1 rings (SSSR count). The number of methoxy groups -OCH3 is 1. The van der Waals surface area contributed by atoms with Gasteiger partial charge in [0, 0.05) is 0 Å². The maximum Gasteiger partial charge on any atom is 0.358 e. The van der Waals surface area contributed by atoms with Gasteiger partial charge in [-0.3, -0.25) is 0 Å². The molecule has 1 aromatic heterocycles. The molecule has 0 unspecified atom stereocenters. The first-order chi connectivity index (χ1) is 6.19. The molecule has 1 heterocycles. The third kappa shape index (κ3) is 1.79. The molecule has 0 aliphatic rings. The number of hydrogen-bond donors (Lipinski definition) is 0. The van der Waals surface area contributed by atoms with E-state index in [1.165, 1.54) is 13.3 Å². The van der Waals surface area contributed by atoms with Crippen LogP contribution in [0.5, 0.6) is 0 Å². The fraction of sp³-hybridized carbons (Fsp3) is 0.250. The average molecular weight is 177 g/mol. The van der Waals surface area contributed by atoms with Crippen LogP contribution in [0.2, 0.25) is 0 Å². The van der Waals surface area contributed by atoms with Crippen molar-refractivity contribution in [1.82, 2.24) is 9.97 Å². The monoisotopic (exact) mass is 177 g/mol. The van der Waals surface area contributed by atoms with E-state index in [1.807, 2.05) is 6.07 Å². The number of carbonyl (C=O) groups excluding carboxylic acids is 1. The zero-order chi connectivity index (χ0) is 9.84. The zero-order valence-electron chi connectivity index (χ0n) is 7.24. The van der Waals surface area contributed by atoms with Gasteiger partial charge in [-0.2, -0.15) is 5.26 Å². The predicted molar refractivity (Wildman–Crippen MR) is 42.8 cm³/mol. The molecule has 0 spiro atoms. The van der Waals surface area contributed by atoms with Gasteiger partial charge in [-0.1, -0.05) is 0 Å². The summed E-state index contributed by atoms with van der Waals surface area (Å²) in [6.45, 7) is 1.60. The van der Waals surface area contributed by atoms with Gasteiger partial charge in [0.25, 0.3) is 0 Å². The Labute approximate surface area is 75.0 Å². The third-order valence-corrected chi connectivity index (χ3v) is 1.44. The molecule has 0 aliphatic carbocycles. The predicted octanol–water partition coefficient (Wildman–Crippen LogP) is 0.443. The standard InChI is InChI=1S/C8H7N3O2/c1-5-7(8(12)13-2)10-4-6(3-9)11-5/h4H,1-2H3. The lowest BCUT2D eigenvalue weighted by Crippen LogP contribution is -2.08. The Kier molecular flexibility index (Phi) is 2.55. The van der Waals surface area contributed by atoms with Gasteiger partial charge in [-0.15, -0.1) is 0 Å². The van der Waals surface area contributed by atoms with Crippen molar-refractivity contribution < 1.29 is 9.53 Å². The van der Waals surface area contributed by atoms with Crippen molar-refractivity contribution in [2.75, 3.05) is 7.11 Å². The summed E-state index contributed by atoms with van der Waals surface area (Å²) in [5, 5.41) is 8.48. The first-order valence-corrected chi connectivity index (χ1v) is 3.51. The van der Waals surface area contributed by atoms with E-state index in [0.29, 0.717) is 5.69 Å². The molecule has 13 heavy (non-hydrogen) atoms. The largest absolute Gasteiger partial charge is 0.464 e. The van der Waals surface area contributed by atoms with Gasteiger partial charge >= 0.3 is 5.97 Å². The van der Waals surface area contributed by atoms with E-state index in [1.54, 1.807) is 6.92 Å². The third-order valence-electron chi connectivity index (χ3n) is 1.44. The van der Waals surface area contributed by atoms with Crippen LogP contribution >= 0.6 is 0 Å². The maximum atomic E-state index is 11.0. The van der Waals surface area contributed by atoms with Crippen LogP contribution in [-0.2, 0) is 4.74 Å². The van der Waals surface area contributed by atoms with E-state index in [0.717, 1.165) is 0 Å². The minimum absolute atomic E-state index is 0.140. The molecule has 0 N–H and O–H groups in total. The van der Waals surface area contributed by atoms with E-state index < -0.39 is 5.97 Å². The molecule has 0 atom stereocenters. The van der Waals surface area contributed by atoms with Gasteiger partial charge in [-0.25, -0.2) is 14.8 Å². The van der Waals surface area contributed by atoms with Crippen LogP contribution in [0.25, 0.3) is 0 Å². The van der Waals surface area contributed by atoms with Crippen LogP contribution in [-0.4, -0.2) is 23.0 Å². The van der Waals surface area contributed by atoms with Crippen LogP contribution in [0.4, 0.5) is 0 Å². The topological polar surface area (TPSA) is 75.9 Å². The van der Waals surface area contributed by atoms with E-state index in [4.69, 9.17) is 5.26 Å². The van der Waals surface area contributed by atoms with Crippen LogP contribution < -0.4 is 0 Å². The molecule has 0 saturated carbocycles. The molecule has 0 aliphatic heterocycles. The number of ether oxygens (including phenoxy) is 1. The summed E-state index contributed by atoms with van der Waals surface area (Å²) >= 11 is 0. The molecule has 66 valence electrons. The number of aromatic nitrogens is 2. The van der Waals surface area contributed by atoms with E-state index in [-0.39, 0.29) is 11.4 Å². The van der Waals surface area contributed by atoms with Gasteiger partial charge in [0.15, 0.2) is 11.4 Å². The number of rotatable bonds is 1. The molecule has 0 saturated heterocycles. The number of esters is 1. The summed E-state index contributed by atoms with van der Waals surface area (Å²) in [5.74, 6) is -0.547. The van der Waals surface area contributed by atoms with Crippen molar-refractivity contribution in [2.24, 2.45) is 0 Å². The van der Waals surface area contributed by atoms with Crippen LogP contribution in [0, 0.1) is 18.3 Å². The Morgan fingerprint density at radius 2 is 2.38 bits per heavy atom. The highest BCUT2D eigenvalue weighted by atomic mass is 16.5. The highest BCUT2D eigenvalue weighted by Gasteiger charge is 2.11. The Hall–Kier alpha value is -1.96. The maximum absolute atomic E-state index is 11.0. The van der Waals surface area contributed by atoms with E-state index >= 15 is 0 Å². The first kappa shape index (κ1) is 9.13. The van der Waals surface area contributed by atoms with Gasteiger partial charge in [0.2, 0.25) is 0 Å². The molecule has 5 heteroatoms. The van der Waals surface area contributed by atoms with Crippen molar-refractivity contribution in [2.45, 2.75) is 6.92 Å². The molecule has 1 aromatic rings. The average Bonchev–Trinajstić information content (AvgIpc) is 2.16. The molecule has 0 radical (unpaired) electrons. The van der Waals surface area contributed by atoms with E-state index in [9.17, 15) is 4.79 Å². The number of nitrogens with zero attached hydrogens (tertiary/aromatic N) is 3. The number of aryl methyl sites for hydroxylation is 1. The van der Waals surface area contributed by atoms with Gasteiger partial charge in [0.1, 0.15) is 6.07 Å². The summed E-state index contributed by atoms with van der Waals surface area (Å²) in [7, 11) is 1.27. The summed E-state index contributed by atoms with van der Waals surface area (Å²) in [5.41, 5.74) is 0.720. The van der Waals surface area contributed by atoms with Crippen molar-refractivity contribution in [3.05, 3.63) is 23.3 Å². The second-order valence-corrected chi connectivity index (χ2v) is 2.29. The number of hydrogen-bond acceptors (Lipinski definition) is 5. The Morgan fingerprint density at radius 1 is 1.69 bits per heavy atom. The summed E-state index contributed by atoms with van der Waals surface area (Å²) in [6, 6.07) is 1.83. The molecule has 0 bridgehead atoms. The molecule has 0 fully saturated rings. The van der Waals surface area contributed by atoms with E-state index in [2.05, 4.69) is 14.7 Å². The van der Waals surface area contributed by atoms with Crippen LogP contribution in [0.3, 0.4) is 0 Å². The second-order valence-electron chi connectivity index (χ2n) is 2.29. The highest BCUT2D eigenvalue weighted by Crippen LogP contribution is 2.03. The molecular formula is C8H7N3O2. The molecule has 0 aromatic carbocycles. The van der Waals surface area contributed by atoms with Gasteiger partial charge in [0.05, 0.1) is 19.0 Å². The summed E-state index contributed by atoms with van der Waals surface area (Å²) in [6.07, 6.45) is 1.24. The lowest BCUT2D eigenvalue weighted by Gasteiger charge is -2.00. The quantitative estimate of drug-likeness (QED) is 0.582. The van der Waals surface area contributed by atoms with Gasteiger partial charge in [-0.05, 0) is 6.92 Å². The smallest absolute Gasteiger partial charge is 0.358 e. The first-order valence-electron chi connectivity index (χ1n) is 3.51. The second kappa shape index (κ2) is 3.63. The highest BCUT2D eigenvalue weighted by molar-refractivity contribution is 5.88. The summed E-state index contributed by atoms with van der Waals surface area (Å²) in [4.78, 5) is 18.6. The zero-order valence-corrected chi connectivity index (χ0v) is 7.24. The minimum Gasteiger partial charge on any atom is -0.464 e. The Morgan fingerprint density at radius 3 is 2.85 bits per heavy atom.